The molecular formula is C16H25NO4. The molecule has 0 heterocycles. The van der Waals surface area contributed by atoms with Crippen molar-refractivity contribution in [3.63, 3.8) is 0 Å². The molecule has 0 spiro atoms. The Morgan fingerprint density at radius 3 is 2.19 bits per heavy atom. The molecule has 0 atom stereocenters. The third-order valence-electron chi connectivity index (χ3n) is 3.32. The lowest BCUT2D eigenvalue weighted by Crippen LogP contribution is -2.39. The second-order valence-electron chi connectivity index (χ2n) is 4.90. The van der Waals surface area contributed by atoms with Gasteiger partial charge in [-0.1, -0.05) is 6.07 Å². The standard InChI is InChI=1S/C16H25NO4/c1-13-5-6-15(11-14(13)2)21-12-16(18)17(7-9-19-3)8-10-20-4/h5-6,11H,7-10,12H2,1-4H3. The van der Waals surface area contributed by atoms with Crippen LogP contribution >= 0.6 is 0 Å². The second-order valence-corrected chi connectivity index (χ2v) is 4.90. The predicted molar refractivity (Wildman–Crippen MR) is 81.7 cm³/mol. The van der Waals surface area contributed by atoms with E-state index in [-0.39, 0.29) is 12.5 Å². The van der Waals surface area contributed by atoms with E-state index in [1.165, 1.54) is 5.56 Å². The molecule has 0 aliphatic heterocycles. The second kappa shape index (κ2) is 9.37. The van der Waals surface area contributed by atoms with Crippen LogP contribution in [0.15, 0.2) is 18.2 Å². The zero-order chi connectivity index (χ0) is 15.7. The summed E-state index contributed by atoms with van der Waals surface area (Å²) in [6.45, 7) is 6.16. The Bertz CT molecular complexity index is 440. The van der Waals surface area contributed by atoms with Crippen LogP contribution in [0.3, 0.4) is 0 Å². The quantitative estimate of drug-likeness (QED) is 0.697. The Balaban J connectivity index is 2.53. The summed E-state index contributed by atoms with van der Waals surface area (Å²) >= 11 is 0. The highest BCUT2D eigenvalue weighted by molar-refractivity contribution is 5.77. The third kappa shape index (κ3) is 6.14. The molecule has 1 amide bonds. The molecule has 5 heteroatoms. The topological polar surface area (TPSA) is 48.0 Å². The van der Waals surface area contributed by atoms with Crippen molar-refractivity contribution in [1.29, 1.82) is 0 Å². The highest BCUT2D eigenvalue weighted by Crippen LogP contribution is 2.16. The molecule has 0 N–H and O–H groups in total. The first-order valence-corrected chi connectivity index (χ1v) is 7.04. The molecule has 1 aromatic carbocycles. The van der Waals surface area contributed by atoms with Crippen LogP contribution < -0.4 is 4.74 Å². The lowest BCUT2D eigenvalue weighted by molar-refractivity contribution is -0.134. The zero-order valence-electron chi connectivity index (χ0n) is 13.3. The molecule has 0 radical (unpaired) electrons. The van der Waals surface area contributed by atoms with Gasteiger partial charge < -0.3 is 19.1 Å². The first kappa shape index (κ1) is 17.5. The maximum absolute atomic E-state index is 12.2. The maximum Gasteiger partial charge on any atom is 0.260 e. The van der Waals surface area contributed by atoms with Gasteiger partial charge in [-0.25, -0.2) is 0 Å². The number of benzene rings is 1. The lowest BCUT2D eigenvalue weighted by Gasteiger charge is -2.22. The van der Waals surface area contributed by atoms with Gasteiger partial charge in [0.05, 0.1) is 13.2 Å². The molecule has 0 aliphatic carbocycles. The summed E-state index contributed by atoms with van der Waals surface area (Å²) in [5, 5.41) is 0. The van der Waals surface area contributed by atoms with Gasteiger partial charge in [0.25, 0.3) is 5.91 Å². The van der Waals surface area contributed by atoms with E-state index in [4.69, 9.17) is 14.2 Å². The number of methoxy groups -OCH3 is 2. The molecular weight excluding hydrogens is 270 g/mol. The number of aryl methyl sites for hydroxylation is 2. The van der Waals surface area contributed by atoms with Gasteiger partial charge in [0.1, 0.15) is 5.75 Å². The Hall–Kier alpha value is -1.59. The van der Waals surface area contributed by atoms with Gasteiger partial charge in [-0.15, -0.1) is 0 Å². The molecule has 0 aliphatic rings. The minimum atomic E-state index is -0.0673. The van der Waals surface area contributed by atoms with Crippen LogP contribution in [0.25, 0.3) is 0 Å². The van der Waals surface area contributed by atoms with E-state index in [0.29, 0.717) is 32.1 Å². The van der Waals surface area contributed by atoms with Gasteiger partial charge in [0, 0.05) is 27.3 Å². The van der Waals surface area contributed by atoms with Gasteiger partial charge in [0.15, 0.2) is 6.61 Å². The first-order valence-electron chi connectivity index (χ1n) is 7.04. The van der Waals surface area contributed by atoms with Crippen LogP contribution in [-0.2, 0) is 14.3 Å². The number of rotatable bonds is 9. The van der Waals surface area contributed by atoms with Crippen molar-refractivity contribution >= 4 is 5.91 Å². The summed E-state index contributed by atoms with van der Waals surface area (Å²) in [4.78, 5) is 13.9. The fraction of sp³-hybridized carbons (Fsp3) is 0.562. The zero-order valence-corrected chi connectivity index (χ0v) is 13.3. The van der Waals surface area contributed by atoms with Crippen LogP contribution in [0.1, 0.15) is 11.1 Å². The Morgan fingerprint density at radius 2 is 1.67 bits per heavy atom. The average molecular weight is 295 g/mol. The van der Waals surface area contributed by atoms with Crippen molar-refractivity contribution in [3.05, 3.63) is 29.3 Å². The summed E-state index contributed by atoms with van der Waals surface area (Å²) in [5.74, 6) is 0.646. The number of amides is 1. The number of ether oxygens (including phenoxy) is 3. The molecule has 118 valence electrons. The number of carbonyl (C=O) groups is 1. The van der Waals surface area contributed by atoms with Crippen molar-refractivity contribution in [2.45, 2.75) is 13.8 Å². The van der Waals surface area contributed by atoms with Crippen molar-refractivity contribution in [2.75, 3.05) is 47.1 Å². The van der Waals surface area contributed by atoms with Gasteiger partial charge in [-0.2, -0.15) is 0 Å². The molecule has 0 saturated heterocycles. The molecule has 5 nitrogen and oxygen atoms in total. The summed E-state index contributed by atoms with van der Waals surface area (Å²) in [5.41, 5.74) is 2.35. The fourth-order valence-electron chi connectivity index (χ4n) is 1.80. The predicted octanol–water partition coefficient (Wildman–Crippen LogP) is 1.80. The van der Waals surface area contributed by atoms with E-state index < -0.39 is 0 Å². The van der Waals surface area contributed by atoms with Gasteiger partial charge in [-0.3, -0.25) is 4.79 Å². The van der Waals surface area contributed by atoms with Crippen LogP contribution in [0.4, 0.5) is 0 Å². The smallest absolute Gasteiger partial charge is 0.260 e. The highest BCUT2D eigenvalue weighted by Gasteiger charge is 2.13. The number of nitrogens with zero attached hydrogens (tertiary/aromatic N) is 1. The highest BCUT2D eigenvalue weighted by atomic mass is 16.5. The lowest BCUT2D eigenvalue weighted by atomic mass is 10.1. The minimum absolute atomic E-state index is 0.0237. The van der Waals surface area contributed by atoms with E-state index in [1.807, 2.05) is 32.0 Å². The summed E-state index contributed by atoms with van der Waals surface area (Å²) < 4.78 is 15.6. The summed E-state index contributed by atoms with van der Waals surface area (Å²) in [6, 6.07) is 5.81. The normalized spacial score (nSPS) is 10.5. The molecule has 0 unspecified atom stereocenters. The molecule has 0 saturated carbocycles. The van der Waals surface area contributed by atoms with Crippen molar-refractivity contribution in [2.24, 2.45) is 0 Å². The third-order valence-corrected chi connectivity index (χ3v) is 3.32. The molecule has 1 rings (SSSR count). The molecule has 1 aromatic rings. The first-order chi connectivity index (χ1) is 10.1. The summed E-state index contributed by atoms with van der Waals surface area (Å²) in [7, 11) is 3.23. The van der Waals surface area contributed by atoms with Gasteiger partial charge >= 0.3 is 0 Å². The van der Waals surface area contributed by atoms with Crippen molar-refractivity contribution in [3.8, 4) is 5.75 Å². The van der Waals surface area contributed by atoms with Crippen molar-refractivity contribution in [1.82, 2.24) is 4.90 Å². The van der Waals surface area contributed by atoms with Crippen LogP contribution in [0.2, 0.25) is 0 Å². The number of carbonyl (C=O) groups excluding carboxylic acids is 1. The Labute approximate surface area is 126 Å². The van der Waals surface area contributed by atoms with Crippen LogP contribution in [-0.4, -0.2) is 57.9 Å². The van der Waals surface area contributed by atoms with Gasteiger partial charge in [0.2, 0.25) is 0 Å². The van der Waals surface area contributed by atoms with Crippen molar-refractivity contribution < 1.29 is 19.0 Å². The molecule has 21 heavy (non-hydrogen) atoms. The SMILES string of the molecule is COCCN(CCOC)C(=O)COc1ccc(C)c(C)c1. The summed E-state index contributed by atoms with van der Waals surface area (Å²) in [6.07, 6.45) is 0. The van der Waals surface area contributed by atoms with E-state index in [9.17, 15) is 4.79 Å². The minimum Gasteiger partial charge on any atom is -0.484 e. The van der Waals surface area contributed by atoms with E-state index >= 15 is 0 Å². The van der Waals surface area contributed by atoms with Gasteiger partial charge in [-0.05, 0) is 37.1 Å². The largest absolute Gasteiger partial charge is 0.484 e. The Kier molecular flexibility index (Phi) is 7.79. The molecule has 0 aromatic heterocycles. The molecule has 0 bridgehead atoms. The molecule has 0 fully saturated rings. The number of hydrogen-bond donors (Lipinski definition) is 0. The van der Waals surface area contributed by atoms with E-state index in [1.54, 1.807) is 19.1 Å². The van der Waals surface area contributed by atoms with E-state index in [0.717, 1.165) is 5.56 Å². The van der Waals surface area contributed by atoms with Crippen LogP contribution in [0, 0.1) is 13.8 Å². The average Bonchev–Trinajstić information content (AvgIpc) is 2.48. The monoisotopic (exact) mass is 295 g/mol. The van der Waals surface area contributed by atoms with E-state index in [2.05, 4.69) is 0 Å². The van der Waals surface area contributed by atoms with Crippen LogP contribution in [0.5, 0.6) is 5.75 Å². The maximum atomic E-state index is 12.2. The number of hydrogen-bond acceptors (Lipinski definition) is 4. The Morgan fingerprint density at radius 1 is 1.05 bits per heavy atom. The fourth-order valence-corrected chi connectivity index (χ4v) is 1.80.